The summed E-state index contributed by atoms with van der Waals surface area (Å²) < 4.78 is 2.04. The Bertz CT molecular complexity index is 777. The van der Waals surface area contributed by atoms with E-state index in [1.54, 1.807) is 6.07 Å². The van der Waals surface area contributed by atoms with Crippen LogP contribution in [0.3, 0.4) is 0 Å². The molecule has 3 rings (SSSR count). The van der Waals surface area contributed by atoms with Gasteiger partial charge in [0.25, 0.3) is 0 Å². The van der Waals surface area contributed by atoms with Crippen LogP contribution in [0.2, 0.25) is 0 Å². The first-order valence-electron chi connectivity index (χ1n) is 4.87. The average molecular weight is 295 g/mol. The van der Waals surface area contributed by atoms with Crippen molar-refractivity contribution in [3.63, 3.8) is 0 Å². The van der Waals surface area contributed by atoms with Gasteiger partial charge in [-0.25, -0.2) is 9.78 Å². The van der Waals surface area contributed by atoms with Gasteiger partial charge < -0.3 is 10.1 Å². The minimum atomic E-state index is -0.373. The van der Waals surface area contributed by atoms with Crippen molar-refractivity contribution in [3.8, 4) is 0 Å². The highest BCUT2D eigenvalue weighted by atomic mass is 79.9. The summed E-state index contributed by atoms with van der Waals surface area (Å²) in [6.45, 7) is -0.295. The van der Waals surface area contributed by atoms with Crippen LogP contribution in [0.15, 0.2) is 27.5 Å². The van der Waals surface area contributed by atoms with Crippen molar-refractivity contribution in [3.05, 3.63) is 39.0 Å². The number of nitrogens with one attached hydrogen (secondary N) is 1. The predicted molar refractivity (Wildman–Crippen MR) is 64.7 cm³/mol. The molecule has 0 aliphatic rings. The molecule has 17 heavy (non-hydrogen) atoms. The summed E-state index contributed by atoms with van der Waals surface area (Å²) in [7, 11) is 0. The number of H-pyrrole nitrogens is 1. The number of hydrogen-bond donors (Lipinski definition) is 2. The third kappa shape index (κ3) is 1.55. The van der Waals surface area contributed by atoms with E-state index in [2.05, 4.69) is 31.0 Å². The maximum atomic E-state index is 11.7. The molecule has 0 fully saturated rings. The smallest absolute Gasteiger partial charge is 0.348 e. The number of aromatic nitrogens is 4. The first kappa shape index (κ1) is 10.4. The van der Waals surface area contributed by atoms with E-state index in [4.69, 9.17) is 5.11 Å². The summed E-state index contributed by atoms with van der Waals surface area (Å²) in [6, 6.07) is 5.46. The number of fused-ring (bicyclic) bond motifs is 3. The summed E-state index contributed by atoms with van der Waals surface area (Å²) in [4.78, 5) is 18.5. The van der Waals surface area contributed by atoms with Gasteiger partial charge in [-0.05, 0) is 18.2 Å². The van der Waals surface area contributed by atoms with Gasteiger partial charge in [-0.1, -0.05) is 15.9 Å². The quantitative estimate of drug-likeness (QED) is 0.696. The first-order chi connectivity index (χ1) is 8.19. The van der Waals surface area contributed by atoms with Gasteiger partial charge in [-0.15, -0.1) is 5.10 Å². The SMILES string of the molecule is O=c1[nH]c2ccc(Br)cc2c2nc(CO)nn12. The number of aromatic amines is 1. The second kappa shape index (κ2) is 3.64. The fraction of sp³-hybridized carbons (Fsp3) is 0.100. The van der Waals surface area contributed by atoms with Crippen LogP contribution in [0.5, 0.6) is 0 Å². The Kier molecular flexibility index (Phi) is 2.23. The molecule has 2 aromatic heterocycles. The molecule has 0 atom stereocenters. The lowest BCUT2D eigenvalue weighted by molar-refractivity contribution is 0.271. The molecule has 0 aliphatic heterocycles. The Morgan fingerprint density at radius 1 is 1.47 bits per heavy atom. The molecule has 0 amide bonds. The molecule has 0 radical (unpaired) electrons. The number of halogens is 1. The minimum Gasteiger partial charge on any atom is -0.388 e. The molecule has 2 N–H and O–H groups in total. The lowest BCUT2D eigenvalue weighted by Gasteiger charge is -1.99. The molecule has 86 valence electrons. The number of aliphatic hydroxyl groups is 1. The molecule has 0 unspecified atom stereocenters. The Labute approximate surface area is 103 Å². The molecule has 0 bridgehead atoms. The van der Waals surface area contributed by atoms with E-state index in [1.165, 1.54) is 0 Å². The molecule has 0 aliphatic carbocycles. The van der Waals surface area contributed by atoms with Gasteiger partial charge >= 0.3 is 5.69 Å². The van der Waals surface area contributed by atoms with E-state index in [9.17, 15) is 4.79 Å². The fourth-order valence-electron chi connectivity index (χ4n) is 1.72. The van der Waals surface area contributed by atoms with E-state index >= 15 is 0 Å². The van der Waals surface area contributed by atoms with E-state index in [-0.39, 0.29) is 18.1 Å². The molecule has 2 heterocycles. The van der Waals surface area contributed by atoms with Gasteiger partial charge in [0.2, 0.25) is 0 Å². The summed E-state index contributed by atoms with van der Waals surface area (Å²) in [5, 5.41) is 13.7. The number of benzene rings is 1. The third-order valence-electron chi connectivity index (χ3n) is 2.45. The molecule has 1 aromatic carbocycles. The van der Waals surface area contributed by atoms with E-state index in [0.29, 0.717) is 11.2 Å². The number of rotatable bonds is 1. The zero-order valence-electron chi connectivity index (χ0n) is 8.51. The third-order valence-corrected chi connectivity index (χ3v) is 2.94. The Balaban J connectivity index is 2.56. The fourth-order valence-corrected chi connectivity index (χ4v) is 2.08. The van der Waals surface area contributed by atoms with Crippen LogP contribution in [0.25, 0.3) is 16.6 Å². The lowest BCUT2D eigenvalue weighted by Crippen LogP contribution is -2.17. The highest BCUT2D eigenvalue weighted by Gasteiger charge is 2.10. The van der Waals surface area contributed by atoms with Crippen LogP contribution in [0.1, 0.15) is 5.82 Å². The number of hydrogen-bond acceptors (Lipinski definition) is 4. The van der Waals surface area contributed by atoms with Crippen molar-refractivity contribution in [2.45, 2.75) is 6.61 Å². The number of aliphatic hydroxyl groups excluding tert-OH is 1. The largest absolute Gasteiger partial charge is 0.388 e. The molecular formula is C10H7BrN4O2. The van der Waals surface area contributed by atoms with Crippen molar-refractivity contribution < 1.29 is 5.11 Å². The maximum absolute atomic E-state index is 11.7. The summed E-state index contributed by atoms with van der Waals surface area (Å²) >= 11 is 3.36. The Hall–Kier alpha value is -1.73. The van der Waals surface area contributed by atoms with Crippen LogP contribution in [0.4, 0.5) is 0 Å². The highest BCUT2D eigenvalue weighted by Crippen LogP contribution is 2.20. The zero-order chi connectivity index (χ0) is 12.0. The van der Waals surface area contributed by atoms with Crippen molar-refractivity contribution in [1.29, 1.82) is 0 Å². The van der Waals surface area contributed by atoms with Crippen molar-refractivity contribution in [1.82, 2.24) is 19.6 Å². The molecule has 0 spiro atoms. The van der Waals surface area contributed by atoms with Crippen molar-refractivity contribution in [2.75, 3.05) is 0 Å². The second-order valence-electron chi connectivity index (χ2n) is 3.54. The van der Waals surface area contributed by atoms with Crippen LogP contribution < -0.4 is 5.69 Å². The normalized spacial score (nSPS) is 11.4. The predicted octanol–water partition coefficient (Wildman–Crippen LogP) is 0.826. The zero-order valence-corrected chi connectivity index (χ0v) is 10.1. The van der Waals surface area contributed by atoms with Crippen LogP contribution in [0, 0.1) is 0 Å². The van der Waals surface area contributed by atoms with Crippen LogP contribution in [-0.4, -0.2) is 24.7 Å². The van der Waals surface area contributed by atoms with E-state index in [1.807, 2.05) is 12.1 Å². The monoisotopic (exact) mass is 294 g/mol. The van der Waals surface area contributed by atoms with Gasteiger partial charge in [0.05, 0.1) is 5.52 Å². The molecule has 6 nitrogen and oxygen atoms in total. The summed E-state index contributed by atoms with van der Waals surface area (Å²) in [6.07, 6.45) is 0. The first-order valence-corrected chi connectivity index (χ1v) is 5.66. The number of nitrogens with zero attached hydrogens (tertiary/aromatic N) is 3. The molecular weight excluding hydrogens is 288 g/mol. The Morgan fingerprint density at radius 3 is 3.06 bits per heavy atom. The van der Waals surface area contributed by atoms with Gasteiger partial charge in [-0.2, -0.15) is 4.52 Å². The van der Waals surface area contributed by atoms with Gasteiger partial charge in [0.15, 0.2) is 11.5 Å². The summed E-state index contributed by atoms with van der Waals surface area (Å²) in [5.74, 6) is 0.225. The molecule has 0 saturated carbocycles. The van der Waals surface area contributed by atoms with Gasteiger partial charge in [0, 0.05) is 9.86 Å². The van der Waals surface area contributed by atoms with Gasteiger partial charge in [-0.3, -0.25) is 0 Å². The summed E-state index contributed by atoms with van der Waals surface area (Å²) in [5.41, 5.74) is 0.749. The van der Waals surface area contributed by atoms with Crippen molar-refractivity contribution in [2.24, 2.45) is 0 Å². The lowest BCUT2D eigenvalue weighted by atomic mass is 10.2. The minimum absolute atomic E-state index is 0.225. The van der Waals surface area contributed by atoms with Crippen LogP contribution >= 0.6 is 15.9 Å². The van der Waals surface area contributed by atoms with E-state index in [0.717, 1.165) is 14.4 Å². The average Bonchev–Trinajstić information content (AvgIpc) is 2.75. The standard InChI is InChI=1S/C10H7BrN4O2/c11-5-1-2-7-6(3-5)9-13-8(4-16)14-15(9)10(17)12-7/h1-3,16H,4H2,(H,12,17). The highest BCUT2D eigenvalue weighted by molar-refractivity contribution is 9.10. The second-order valence-corrected chi connectivity index (χ2v) is 4.46. The van der Waals surface area contributed by atoms with Crippen molar-refractivity contribution >= 4 is 32.5 Å². The van der Waals surface area contributed by atoms with Crippen LogP contribution in [-0.2, 0) is 6.61 Å². The maximum Gasteiger partial charge on any atom is 0.348 e. The molecule has 3 aromatic rings. The Morgan fingerprint density at radius 2 is 2.29 bits per heavy atom. The topological polar surface area (TPSA) is 83.3 Å². The molecule has 0 saturated heterocycles. The molecule has 7 heteroatoms. The van der Waals surface area contributed by atoms with E-state index < -0.39 is 0 Å². The van der Waals surface area contributed by atoms with Gasteiger partial charge in [0.1, 0.15) is 6.61 Å².